The third kappa shape index (κ3) is 11.5. The summed E-state index contributed by atoms with van der Waals surface area (Å²) in [6, 6.07) is 7.36. The average molecular weight is 805 g/mol. The highest BCUT2D eigenvalue weighted by atomic mass is 35.5. The zero-order valence-corrected chi connectivity index (χ0v) is 33.0. The van der Waals surface area contributed by atoms with E-state index < -0.39 is 37.0 Å². The van der Waals surface area contributed by atoms with Crippen LogP contribution in [0.1, 0.15) is 57.1 Å². The molecule has 2 heterocycles. The number of para-hydroxylation sites is 1. The number of ether oxygens (including phenoxy) is 2. The number of amides is 4. The van der Waals surface area contributed by atoms with E-state index in [0.717, 1.165) is 47.0 Å². The Bertz CT molecular complexity index is 1880. The van der Waals surface area contributed by atoms with E-state index in [-0.39, 0.29) is 67.3 Å². The molecule has 2 aromatic carbocycles. The number of halogens is 2. The second-order valence-electron chi connectivity index (χ2n) is 12.9. The van der Waals surface area contributed by atoms with Crippen molar-refractivity contribution in [3.63, 3.8) is 0 Å². The fourth-order valence-corrected chi connectivity index (χ4v) is 6.92. The molecular weight excluding hydrogens is 758 g/mol. The van der Waals surface area contributed by atoms with Crippen molar-refractivity contribution in [1.29, 1.82) is 0 Å². The lowest BCUT2D eigenvalue weighted by atomic mass is 9.93. The lowest BCUT2D eigenvalue weighted by molar-refractivity contribution is -0.138. The molecule has 298 valence electrons. The minimum atomic E-state index is -3.10. The molecule has 0 bridgehead atoms. The maximum atomic E-state index is 14.7. The fraction of sp³-hybridized carbons (Fsp3) is 0.447. The number of hydrogen-bond donors (Lipinski definition) is 3. The first-order valence-corrected chi connectivity index (χ1v) is 20.4. The number of rotatable bonds is 12. The summed E-state index contributed by atoms with van der Waals surface area (Å²) >= 11 is 5.68. The SMILES string of the molecule is C#CCN1C(=O)COc2cc(F)c(N3C(=O)C4=C(CCCC4)C3=O)cc21.CCOCN(C(=O)CCl)c1c(C)cccc1CC.CP(=O)(O)CCC(N)C(=O)O. The van der Waals surface area contributed by atoms with Crippen LogP contribution in [0.25, 0.3) is 0 Å². The molecule has 2 aliphatic heterocycles. The number of carboxylic acid groups (broad SMARTS) is 1. The Morgan fingerprint density at radius 3 is 2.31 bits per heavy atom. The maximum absolute atomic E-state index is 14.7. The van der Waals surface area contributed by atoms with Gasteiger partial charge in [0, 0.05) is 36.6 Å². The molecule has 55 heavy (non-hydrogen) atoms. The number of terminal acetylenes is 1. The lowest BCUT2D eigenvalue weighted by Crippen LogP contribution is -2.39. The molecule has 17 heteroatoms. The van der Waals surface area contributed by atoms with Gasteiger partial charge in [-0.15, -0.1) is 18.0 Å². The zero-order chi connectivity index (χ0) is 41.0. The van der Waals surface area contributed by atoms with Crippen LogP contribution in [0.4, 0.5) is 21.5 Å². The largest absolute Gasteiger partial charge is 0.481 e. The van der Waals surface area contributed by atoms with E-state index >= 15 is 0 Å². The van der Waals surface area contributed by atoms with Gasteiger partial charge in [-0.1, -0.05) is 31.0 Å². The van der Waals surface area contributed by atoms with Crippen LogP contribution in [0.5, 0.6) is 5.75 Å². The number of imide groups is 1. The molecule has 1 aliphatic carbocycles. The van der Waals surface area contributed by atoms with Gasteiger partial charge in [-0.05, 0) is 69.6 Å². The minimum Gasteiger partial charge on any atom is -0.481 e. The number of fused-ring (bicyclic) bond motifs is 1. The lowest BCUT2D eigenvalue weighted by Gasteiger charge is -2.29. The third-order valence-corrected chi connectivity index (χ3v) is 10.2. The number of carbonyl (C=O) groups excluding carboxylic acids is 4. The molecule has 0 spiro atoms. The van der Waals surface area contributed by atoms with Crippen LogP contribution in [-0.2, 0) is 39.7 Å². The van der Waals surface area contributed by atoms with Gasteiger partial charge in [0.05, 0.1) is 23.6 Å². The Kier molecular flexibility index (Phi) is 16.6. The van der Waals surface area contributed by atoms with Crippen LogP contribution >= 0.6 is 19.0 Å². The maximum Gasteiger partial charge on any atom is 0.320 e. The zero-order valence-electron chi connectivity index (χ0n) is 31.3. The van der Waals surface area contributed by atoms with Crippen molar-refractivity contribution in [2.24, 2.45) is 5.73 Å². The van der Waals surface area contributed by atoms with Gasteiger partial charge in [-0.2, -0.15) is 0 Å². The van der Waals surface area contributed by atoms with E-state index in [1.807, 2.05) is 32.0 Å². The molecular formula is C38H47ClFN4O10P. The first kappa shape index (κ1) is 44.8. The van der Waals surface area contributed by atoms with E-state index in [2.05, 4.69) is 12.8 Å². The summed E-state index contributed by atoms with van der Waals surface area (Å²) in [5.41, 5.74) is 9.21. The molecule has 3 aliphatic rings. The molecule has 5 rings (SSSR count). The summed E-state index contributed by atoms with van der Waals surface area (Å²) in [6.07, 6.45) is 8.88. The van der Waals surface area contributed by atoms with Crippen LogP contribution in [-0.4, -0.2) is 90.8 Å². The van der Waals surface area contributed by atoms with E-state index in [0.29, 0.717) is 30.6 Å². The average Bonchev–Trinajstić information content (AvgIpc) is 3.40. The van der Waals surface area contributed by atoms with Crippen molar-refractivity contribution in [2.45, 2.75) is 65.3 Å². The summed E-state index contributed by atoms with van der Waals surface area (Å²) in [4.78, 5) is 72.0. The van der Waals surface area contributed by atoms with E-state index in [1.165, 1.54) is 17.6 Å². The predicted octanol–water partition coefficient (Wildman–Crippen LogP) is 4.74. The van der Waals surface area contributed by atoms with Crippen LogP contribution in [0.2, 0.25) is 0 Å². The Morgan fingerprint density at radius 1 is 1.15 bits per heavy atom. The molecule has 2 aromatic rings. The van der Waals surface area contributed by atoms with Gasteiger partial charge in [-0.25, -0.2) is 9.29 Å². The molecule has 0 aromatic heterocycles. The van der Waals surface area contributed by atoms with Gasteiger partial charge < -0.3 is 25.2 Å². The molecule has 0 radical (unpaired) electrons. The highest BCUT2D eigenvalue weighted by Crippen LogP contribution is 2.42. The topological polar surface area (TPSA) is 197 Å². The number of hydrogen-bond acceptors (Lipinski definition) is 9. The molecule has 0 saturated carbocycles. The monoisotopic (exact) mass is 804 g/mol. The van der Waals surface area contributed by atoms with Crippen molar-refractivity contribution >= 4 is 65.6 Å². The first-order valence-electron chi connectivity index (χ1n) is 17.6. The Labute approximate surface area is 324 Å². The first-order chi connectivity index (χ1) is 26.0. The number of carbonyl (C=O) groups is 5. The van der Waals surface area contributed by atoms with Crippen molar-refractivity contribution in [1.82, 2.24) is 0 Å². The molecule has 4 amide bonds. The molecule has 4 N–H and O–H groups in total. The Hall–Kier alpha value is -4.58. The summed E-state index contributed by atoms with van der Waals surface area (Å²) in [6.45, 7) is 7.71. The van der Waals surface area contributed by atoms with E-state index in [1.54, 1.807) is 4.90 Å². The summed E-state index contributed by atoms with van der Waals surface area (Å²) in [7, 11) is -3.10. The number of benzene rings is 2. The van der Waals surface area contributed by atoms with Gasteiger partial charge in [0.2, 0.25) is 5.91 Å². The van der Waals surface area contributed by atoms with Crippen molar-refractivity contribution in [3.8, 4) is 18.1 Å². The third-order valence-electron chi connectivity index (χ3n) is 8.84. The number of nitrogens with zero attached hydrogens (tertiary/aromatic N) is 3. The van der Waals surface area contributed by atoms with Crippen LogP contribution in [0, 0.1) is 25.1 Å². The van der Waals surface area contributed by atoms with Gasteiger partial charge in [0.15, 0.2) is 19.8 Å². The Balaban J connectivity index is 0.000000244. The molecule has 14 nitrogen and oxygen atoms in total. The summed E-state index contributed by atoms with van der Waals surface area (Å²) in [5.74, 6) is -0.902. The highest BCUT2D eigenvalue weighted by Gasteiger charge is 2.41. The highest BCUT2D eigenvalue weighted by molar-refractivity contribution is 7.57. The smallest absolute Gasteiger partial charge is 0.320 e. The molecule has 0 fully saturated rings. The van der Waals surface area contributed by atoms with Crippen molar-refractivity contribution in [2.75, 3.05) is 59.9 Å². The van der Waals surface area contributed by atoms with E-state index in [9.17, 15) is 32.9 Å². The van der Waals surface area contributed by atoms with Crippen LogP contribution in [0.15, 0.2) is 41.5 Å². The Morgan fingerprint density at radius 2 is 1.78 bits per heavy atom. The number of carboxylic acids is 1. The predicted molar refractivity (Wildman–Crippen MR) is 207 cm³/mol. The van der Waals surface area contributed by atoms with Gasteiger partial charge in [-0.3, -0.25) is 38.3 Å². The summed E-state index contributed by atoms with van der Waals surface area (Å²) < 4.78 is 36.0. The molecule has 0 saturated heterocycles. The second-order valence-corrected chi connectivity index (χ2v) is 15.7. The number of aliphatic carboxylic acids is 1. The summed E-state index contributed by atoms with van der Waals surface area (Å²) in [5, 5.41) is 8.28. The number of anilines is 3. The number of nitrogens with two attached hydrogens (primary N) is 1. The van der Waals surface area contributed by atoms with Crippen LogP contribution < -0.4 is 25.2 Å². The number of alkyl halides is 1. The fourth-order valence-electron chi connectivity index (χ4n) is 6.01. The normalized spacial score (nSPS) is 16.3. The van der Waals surface area contributed by atoms with Gasteiger partial charge in [0.25, 0.3) is 17.7 Å². The minimum absolute atomic E-state index is 0.0170. The second kappa shape index (κ2) is 20.4. The standard InChI is InChI=1S/C19H15FN2O4.C14H20ClNO2.C5H12NO4P/c1-2-7-21-15-9-14(13(20)8-16(15)26-10-17(21)23)22-18(24)11-5-3-4-6-12(11)19(22)25;1-4-12-8-6-7-11(3)14(12)16(10-18-5-2)13(17)9-15;1-11(9,10)3-2-4(6)5(7)8/h1,8-9H,3-7,10H2;6-8H,4-5,9-10H2,1-3H3;4H,2-3,6H2,1H3,(H,7,8)(H,9,10). The van der Waals surface area contributed by atoms with Crippen molar-refractivity contribution in [3.05, 3.63) is 58.4 Å². The van der Waals surface area contributed by atoms with Gasteiger partial charge >= 0.3 is 5.97 Å². The molecule has 2 atom stereocenters. The quantitative estimate of drug-likeness (QED) is 0.0881. The van der Waals surface area contributed by atoms with Crippen LogP contribution in [0.3, 0.4) is 0 Å². The molecule has 2 unspecified atom stereocenters. The number of aryl methyl sites for hydroxylation is 2. The van der Waals surface area contributed by atoms with E-state index in [4.69, 9.17) is 43.2 Å². The van der Waals surface area contributed by atoms with Crippen molar-refractivity contribution < 1.29 is 52.4 Å². The van der Waals surface area contributed by atoms with Gasteiger partial charge in [0.1, 0.15) is 24.4 Å².